The van der Waals surface area contributed by atoms with Gasteiger partial charge in [0.15, 0.2) is 0 Å². The van der Waals surface area contributed by atoms with Gasteiger partial charge in [0.05, 0.1) is 23.9 Å². The lowest BCUT2D eigenvalue weighted by Gasteiger charge is -2.18. The summed E-state index contributed by atoms with van der Waals surface area (Å²) in [5, 5.41) is 7.17. The van der Waals surface area contributed by atoms with Crippen LogP contribution in [0.4, 0.5) is 5.00 Å². The number of hydrazone groups is 1. The summed E-state index contributed by atoms with van der Waals surface area (Å²) < 4.78 is 11.4. The summed E-state index contributed by atoms with van der Waals surface area (Å²) in [6.07, 6.45) is 3.66. The molecule has 1 aliphatic carbocycles. The number of rotatable bonds is 7. The molecule has 1 heterocycles. The number of fused-ring (bicyclic) bond motifs is 1. The molecule has 4 rings (SSSR count). The maximum atomic E-state index is 12.7. The van der Waals surface area contributed by atoms with E-state index in [1.807, 2.05) is 0 Å². The van der Waals surface area contributed by atoms with E-state index in [-0.39, 0.29) is 17.4 Å². The van der Waals surface area contributed by atoms with Crippen LogP contribution in [0.25, 0.3) is 0 Å². The smallest absolute Gasteiger partial charge is 0.343 e. The number of nitrogens with zero attached hydrogens (tertiary/aromatic N) is 1. The average Bonchev–Trinajstić information content (AvgIpc) is 3.27. The highest BCUT2D eigenvalue weighted by molar-refractivity contribution is 9.10. The number of benzene rings is 2. The van der Waals surface area contributed by atoms with Crippen LogP contribution in [0.1, 0.15) is 57.0 Å². The van der Waals surface area contributed by atoms with Crippen LogP contribution in [-0.4, -0.2) is 36.6 Å². The Kier molecular flexibility index (Phi) is 9.72. The second kappa shape index (κ2) is 13.2. The van der Waals surface area contributed by atoms with E-state index in [1.165, 1.54) is 29.7 Å². The van der Waals surface area contributed by atoms with E-state index in [9.17, 15) is 19.2 Å². The van der Waals surface area contributed by atoms with Crippen LogP contribution in [0.2, 0.25) is 5.02 Å². The largest absolute Gasteiger partial charge is 0.462 e. The Bertz CT molecular complexity index is 1490. The van der Waals surface area contributed by atoms with Gasteiger partial charge in [-0.25, -0.2) is 15.0 Å². The zero-order valence-corrected chi connectivity index (χ0v) is 24.7. The van der Waals surface area contributed by atoms with Crippen LogP contribution in [-0.2, 0) is 27.2 Å². The first kappa shape index (κ1) is 29.4. The van der Waals surface area contributed by atoms with Gasteiger partial charge in [0.1, 0.15) is 10.8 Å². The van der Waals surface area contributed by atoms with E-state index in [1.54, 1.807) is 37.3 Å². The number of esters is 2. The molecule has 2 amide bonds. The highest BCUT2D eigenvalue weighted by Gasteiger charge is 2.30. The minimum absolute atomic E-state index is 0.183. The summed E-state index contributed by atoms with van der Waals surface area (Å²) in [7, 11) is 0. The first-order valence-electron chi connectivity index (χ1n) is 12.4. The highest BCUT2D eigenvalue weighted by Crippen LogP contribution is 2.40. The van der Waals surface area contributed by atoms with Gasteiger partial charge >= 0.3 is 23.8 Å². The third-order valence-electron chi connectivity index (χ3n) is 6.05. The van der Waals surface area contributed by atoms with E-state index in [0.29, 0.717) is 38.5 Å². The van der Waals surface area contributed by atoms with E-state index < -0.39 is 23.8 Å². The number of carbonyl (C=O) groups is 4. The van der Waals surface area contributed by atoms with Crippen molar-refractivity contribution in [2.45, 2.75) is 33.1 Å². The van der Waals surface area contributed by atoms with Gasteiger partial charge in [-0.3, -0.25) is 9.59 Å². The van der Waals surface area contributed by atoms with E-state index in [2.05, 4.69) is 38.7 Å². The molecule has 1 aliphatic rings. The van der Waals surface area contributed by atoms with Crippen LogP contribution in [0, 0.1) is 5.92 Å². The number of hydrogen-bond acceptors (Lipinski definition) is 8. The van der Waals surface area contributed by atoms with Crippen molar-refractivity contribution < 1.29 is 28.7 Å². The van der Waals surface area contributed by atoms with Gasteiger partial charge in [-0.1, -0.05) is 34.5 Å². The van der Waals surface area contributed by atoms with Crippen molar-refractivity contribution >= 4 is 73.8 Å². The molecule has 0 aliphatic heterocycles. The van der Waals surface area contributed by atoms with Crippen molar-refractivity contribution in [1.29, 1.82) is 0 Å². The van der Waals surface area contributed by atoms with Crippen molar-refractivity contribution in [2.75, 3.05) is 11.9 Å². The standard InChI is InChI=1S/C28H25BrClN3O6S/c1-3-38-28(37)23-20-10-4-15(2)12-22(20)40-26(23)32-24(34)25(35)33-31-14-17-13-18(29)7-11-21(17)39-27(36)16-5-8-19(30)9-6-16/h5-9,11,13-15H,3-4,10,12H2,1-2H3,(H,32,34)(H,33,35). The Balaban J connectivity index is 1.45. The molecule has 1 atom stereocenters. The lowest BCUT2D eigenvalue weighted by molar-refractivity contribution is -0.136. The minimum atomic E-state index is -1.04. The fourth-order valence-corrected chi connectivity index (χ4v) is 5.99. The lowest BCUT2D eigenvalue weighted by Crippen LogP contribution is -2.32. The van der Waals surface area contributed by atoms with Gasteiger partial charge in [0.2, 0.25) is 0 Å². The first-order valence-corrected chi connectivity index (χ1v) is 14.4. The van der Waals surface area contributed by atoms with Gasteiger partial charge in [-0.15, -0.1) is 11.3 Å². The maximum Gasteiger partial charge on any atom is 0.343 e. The molecule has 12 heteroatoms. The van der Waals surface area contributed by atoms with E-state index in [0.717, 1.165) is 23.3 Å². The quantitative estimate of drug-likeness (QED) is 0.110. The summed E-state index contributed by atoms with van der Waals surface area (Å²) in [4.78, 5) is 51.4. The van der Waals surface area contributed by atoms with Crippen LogP contribution < -0.4 is 15.5 Å². The molecule has 1 unspecified atom stereocenters. The monoisotopic (exact) mass is 645 g/mol. The van der Waals surface area contributed by atoms with Gasteiger partial charge in [0.25, 0.3) is 0 Å². The Morgan fingerprint density at radius 1 is 1.12 bits per heavy atom. The number of carbonyl (C=O) groups excluding carboxylic acids is 4. The summed E-state index contributed by atoms with van der Waals surface area (Å²) in [5.74, 6) is -2.53. The number of nitrogens with one attached hydrogen (secondary N) is 2. The van der Waals surface area contributed by atoms with Crippen LogP contribution in [0.15, 0.2) is 52.0 Å². The molecule has 0 bridgehead atoms. The van der Waals surface area contributed by atoms with Crippen LogP contribution in [0.5, 0.6) is 5.75 Å². The number of halogens is 2. The molecule has 2 aromatic carbocycles. The zero-order valence-electron chi connectivity index (χ0n) is 21.6. The first-order chi connectivity index (χ1) is 19.2. The number of amides is 2. The fourth-order valence-electron chi connectivity index (χ4n) is 4.09. The number of hydrogen-bond donors (Lipinski definition) is 2. The van der Waals surface area contributed by atoms with Crippen molar-refractivity contribution in [1.82, 2.24) is 5.43 Å². The Morgan fingerprint density at radius 2 is 1.88 bits per heavy atom. The topological polar surface area (TPSA) is 123 Å². The van der Waals surface area contributed by atoms with Crippen LogP contribution in [0.3, 0.4) is 0 Å². The van der Waals surface area contributed by atoms with Gasteiger partial charge in [-0.2, -0.15) is 5.10 Å². The highest BCUT2D eigenvalue weighted by atomic mass is 79.9. The number of ether oxygens (including phenoxy) is 2. The Morgan fingerprint density at radius 3 is 2.60 bits per heavy atom. The minimum Gasteiger partial charge on any atom is -0.462 e. The van der Waals surface area contributed by atoms with Gasteiger partial charge in [-0.05, 0) is 80.1 Å². The molecule has 0 saturated carbocycles. The van der Waals surface area contributed by atoms with Gasteiger partial charge < -0.3 is 14.8 Å². The normalized spacial score (nSPS) is 14.3. The molecule has 0 spiro atoms. The molecule has 9 nitrogen and oxygen atoms in total. The molecule has 40 heavy (non-hydrogen) atoms. The van der Waals surface area contributed by atoms with Gasteiger partial charge in [0, 0.05) is 19.9 Å². The molecule has 1 aromatic heterocycles. The predicted octanol–water partition coefficient (Wildman–Crippen LogP) is 5.77. The van der Waals surface area contributed by atoms with E-state index in [4.69, 9.17) is 21.1 Å². The summed E-state index contributed by atoms with van der Waals surface area (Å²) >= 11 is 10.5. The average molecular weight is 647 g/mol. The van der Waals surface area contributed by atoms with Crippen molar-refractivity contribution in [2.24, 2.45) is 11.0 Å². The second-order valence-corrected chi connectivity index (χ2v) is 11.5. The fraction of sp³-hybridized carbons (Fsp3) is 0.250. The molecule has 0 fully saturated rings. The summed E-state index contributed by atoms with van der Waals surface area (Å²) in [5.41, 5.74) is 4.00. The SMILES string of the molecule is CCOC(=O)c1c(NC(=O)C(=O)NN=Cc2cc(Br)ccc2OC(=O)c2ccc(Cl)cc2)sc2c1CCC(C)C2. The van der Waals surface area contributed by atoms with Crippen LogP contribution >= 0.6 is 38.9 Å². The Hall–Kier alpha value is -3.54. The zero-order chi connectivity index (χ0) is 28.8. The lowest BCUT2D eigenvalue weighted by atomic mass is 9.88. The molecule has 3 aromatic rings. The molecule has 2 N–H and O–H groups in total. The molecular weight excluding hydrogens is 622 g/mol. The predicted molar refractivity (Wildman–Crippen MR) is 156 cm³/mol. The summed E-state index contributed by atoms with van der Waals surface area (Å²) in [6.45, 7) is 4.03. The van der Waals surface area contributed by atoms with E-state index >= 15 is 0 Å². The Labute approximate surface area is 248 Å². The molecule has 0 radical (unpaired) electrons. The summed E-state index contributed by atoms with van der Waals surface area (Å²) in [6, 6.07) is 11.1. The van der Waals surface area contributed by atoms with Crippen molar-refractivity contribution in [3.05, 3.63) is 79.1 Å². The third kappa shape index (κ3) is 7.15. The molecule has 0 saturated heterocycles. The van der Waals surface area contributed by atoms with Crippen molar-refractivity contribution in [3.63, 3.8) is 0 Å². The number of anilines is 1. The van der Waals surface area contributed by atoms with Crippen molar-refractivity contribution in [3.8, 4) is 5.75 Å². The molecule has 208 valence electrons. The molecular formula is C28H25BrClN3O6S. The maximum absolute atomic E-state index is 12.7. The second-order valence-electron chi connectivity index (χ2n) is 9.01. The number of thiophene rings is 1. The third-order valence-corrected chi connectivity index (χ3v) is 7.96.